The molecule has 2 heterocycles. The molecule has 0 fully saturated rings. The number of anilines is 3. The molecule has 1 aliphatic carbocycles. The summed E-state index contributed by atoms with van der Waals surface area (Å²) in [6.07, 6.45) is 0. The molecular formula is C57H37NO2. The van der Waals surface area contributed by atoms with Crippen LogP contribution < -0.4 is 4.90 Å². The van der Waals surface area contributed by atoms with Crippen molar-refractivity contribution in [3.05, 3.63) is 199 Å². The number of rotatable bonds is 4. The zero-order chi connectivity index (χ0) is 39.7. The second-order valence-electron chi connectivity index (χ2n) is 16.8. The van der Waals surface area contributed by atoms with Crippen LogP contribution >= 0.6 is 0 Å². The molecule has 3 heteroatoms. The third-order valence-electron chi connectivity index (χ3n) is 13.2. The Hall–Kier alpha value is -7.62. The van der Waals surface area contributed by atoms with Gasteiger partial charge >= 0.3 is 0 Å². The summed E-state index contributed by atoms with van der Waals surface area (Å²) in [6, 6.07) is 68.2. The van der Waals surface area contributed by atoms with Crippen molar-refractivity contribution in [3.8, 4) is 22.3 Å². The first-order chi connectivity index (χ1) is 29.5. The molecule has 0 bridgehead atoms. The molecule has 60 heavy (non-hydrogen) atoms. The van der Waals surface area contributed by atoms with Crippen LogP contribution in [0.2, 0.25) is 0 Å². The molecule has 0 spiro atoms. The van der Waals surface area contributed by atoms with Crippen molar-refractivity contribution in [2.24, 2.45) is 0 Å². The smallest absolute Gasteiger partial charge is 0.159 e. The highest BCUT2D eigenvalue weighted by atomic mass is 16.3. The van der Waals surface area contributed by atoms with Crippen LogP contribution in [-0.4, -0.2) is 0 Å². The van der Waals surface area contributed by atoms with E-state index in [0.29, 0.717) is 0 Å². The summed E-state index contributed by atoms with van der Waals surface area (Å²) in [5.74, 6) is 0. The Labute approximate surface area is 346 Å². The van der Waals surface area contributed by atoms with Crippen LogP contribution in [0.4, 0.5) is 17.1 Å². The molecule has 0 unspecified atom stereocenters. The lowest BCUT2D eigenvalue weighted by Crippen LogP contribution is -2.16. The third-order valence-corrected chi connectivity index (χ3v) is 13.2. The van der Waals surface area contributed by atoms with Gasteiger partial charge in [0.2, 0.25) is 0 Å². The van der Waals surface area contributed by atoms with Gasteiger partial charge in [0.25, 0.3) is 0 Å². The molecule has 10 aromatic carbocycles. The number of hydrogen-bond donors (Lipinski definition) is 0. The Bertz CT molecular complexity index is 3750. The van der Waals surface area contributed by atoms with Gasteiger partial charge in [-0.05, 0) is 121 Å². The summed E-state index contributed by atoms with van der Waals surface area (Å²) >= 11 is 0. The second-order valence-corrected chi connectivity index (χ2v) is 16.8. The molecule has 0 amide bonds. The minimum Gasteiger partial charge on any atom is -0.456 e. The molecule has 1 aliphatic rings. The van der Waals surface area contributed by atoms with E-state index in [9.17, 15) is 0 Å². The van der Waals surface area contributed by atoms with E-state index in [1.807, 2.05) is 12.1 Å². The molecule has 0 atom stereocenters. The molecule has 0 saturated heterocycles. The van der Waals surface area contributed by atoms with E-state index in [0.717, 1.165) is 61.1 Å². The van der Waals surface area contributed by atoms with E-state index < -0.39 is 0 Å². The fraction of sp³-hybridized carbons (Fsp3) is 0.0526. The summed E-state index contributed by atoms with van der Waals surface area (Å²) in [5, 5.41) is 12.0. The van der Waals surface area contributed by atoms with Gasteiger partial charge in [0.1, 0.15) is 16.7 Å². The summed E-state index contributed by atoms with van der Waals surface area (Å²) in [5.41, 5.74) is 14.3. The van der Waals surface area contributed by atoms with Crippen LogP contribution in [0.15, 0.2) is 197 Å². The quantitative estimate of drug-likeness (QED) is 0.167. The standard InChI is InChI=1S/C57H37NO2/c1-57(2)48-18-8-5-13-40(48)41-29-27-37(33-49(41)57)58(50-19-11-17-45-42-14-6-9-20-51(42)60-56(45)50)36-25-22-34(23-26-36)35-24-28-39-38-12-3-4-15-43(38)54-44(47(39)32-35)30-31-53-55(54)46-16-7-10-21-52(46)59-53/h3-33H,1-2H3. The topological polar surface area (TPSA) is 29.5 Å². The molecule has 12 aromatic rings. The van der Waals surface area contributed by atoms with Crippen LogP contribution in [-0.2, 0) is 5.41 Å². The minimum absolute atomic E-state index is 0.134. The number of hydrogen-bond acceptors (Lipinski definition) is 3. The van der Waals surface area contributed by atoms with Gasteiger partial charge in [-0.15, -0.1) is 0 Å². The molecule has 2 aromatic heterocycles. The zero-order valence-electron chi connectivity index (χ0n) is 33.2. The van der Waals surface area contributed by atoms with Crippen molar-refractivity contribution < 1.29 is 8.83 Å². The Kier molecular flexibility index (Phi) is 6.78. The van der Waals surface area contributed by atoms with Crippen molar-refractivity contribution in [2.75, 3.05) is 4.90 Å². The van der Waals surface area contributed by atoms with Crippen molar-refractivity contribution >= 4 is 93.3 Å². The summed E-state index contributed by atoms with van der Waals surface area (Å²) < 4.78 is 13.1. The number of nitrogens with zero attached hydrogens (tertiary/aromatic N) is 1. The first-order valence-electron chi connectivity index (χ1n) is 20.7. The van der Waals surface area contributed by atoms with Gasteiger partial charge < -0.3 is 13.7 Å². The Morgan fingerprint density at radius 2 is 0.983 bits per heavy atom. The molecule has 0 N–H and O–H groups in total. The van der Waals surface area contributed by atoms with E-state index in [2.05, 4.69) is 195 Å². The zero-order valence-corrected chi connectivity index (χ0v) is 33.2. The first-order valence-corrected chi connectivity index (χ1v) is 20.7. The lowest BCUT2D eigenvalue weighted by Gasteiger charge is -2.28. The molecule has 0 aliphatic heterocycles. The molecular weight excluding hydrogens is 731 g/mol. The van der Waals surface area contributed by atoms with Crippen LogP contribution in [0.1, 0.15) is 25.0 Å². The molecule has 13 rings (SSSR count). The van der Waals surface area contributed by atoms with Crippen LogP contribution in [0.3, 0.4) is 0 Å². The highest BCUT2D eigenvalue weighted by molar-refractivity contribution is 6.34. The minimum atomic E-state index is -0.134. The Morgan fingerprint density at radius 3 is 1.83 bits per heavy atom. The SMILES string of the molecule is CC1(C)c2ccccc2-c2ccc(N(c3ccc(-c4ccc5c6ccccc6c6c(ccc7oc8ccccc8c76)c5c4)cc3)c3cccc4c3oc3ccccc34)cc21. The maximum Gasteiger partial charge on any atom is 0.159 e. The fourth-order valence-corrected chi connectivity index (χ4v) is 10.4. The average Bonchev–Trinajstić information content (AvgIpc) is 3.95. The summed E-state index contributed by atoms with van der Waals surface area (Å²) in [7, 11) is 0. The van der Waals surface area contributed by atoms with E-state index in [1.54, 1.807) is 0 Å². The molecule has 282 valence electrons. The summed E-state index contributed by atoms with van der Waals surface area (Å²) in [6.45, 7) is 4.69. The lowest BCUT2D eigenvalue weighted by atomic mass is 9.82. The van der Waals surface area contributed by atoms with Crippen molar-refractivity contribution in [1.82, 2.24) is 0 Å². The van der Waals surface area contributed by atoms with Crippen LogP contribution in [0.25, 0.3) is 98.4 Å². The van der Waals surface area contributed by atoms with Crippen LogP contribution in [0, 0.1) is 0 Å². The van der Waals surface area contributed by atoms with Crippen LogP contribution in [0.5, 0.6) is 0 Å². The first kappa shape index (κ1) is 33.4. The van der Waals surface area contributed by atoms with Gasteiger partial charge in [0, 0.05) is 43.7 Å². The maximum atomic E-state index is 6.69. The third kappa shape index (κ3) is 4.60. The van der Waals surface area contributed by atoms with E-state index >= 15 is 0 Å². The molecule has 0 radical (unpaired) electrons. The normalized spacial score (nSPS) is 13.3. The highest BCUT2D eigenvalue weighted by Crippen LogP contribution is 2.52. The van der Waals surface area contributed by atoms with Gasteiger partial charge in [-0.1, -0.05) is 141 Å². The van der Waals surface area contributed by atoms with Crippen molar-refractivity contribution in [3.63, 3.8) is 0 Å². The van der Waals surface area contributed by atoms with Gasteiger partial charge in [0.05, 0.1) is 5.69 Å². The second kappa shape index (κ2) is 12.2. The van der Waals surface area contributed by atoms with Gasteiger partial charge in [-0.25, -0.2) is 0 Å². The van der Waals surface area contributed by atoms with Gasteiger partial charge in [0.15, 0.2) is 5.58 Å². The lowest BCUT2D eigenvalue weighted by molar-refractivity contribution is 0.660. The maximum absolute atomic E-state index is 6.69. The predicted molar refractivity (Wildman–Crippen MR) is 251 cm³/mol. The summed E-state index contributed by atoms with van der Waals surface area (Å²) in [4.78, 5) is 2.37. The number of fused-ring (bicyclic) bond motifs is 16. The van der Waals surface area contributed by atoms with E-state index in [-0.39, 0.29) is 5.41 Å². The molecule has 0 saturated carbocycles. The van der Waals surface area contributed by atoms with Gasteiger partial charge in [-0.2, -0.15) is 0 Å². The Morgan fingerprint density at radius 1 is 0.367 bits per heavy atom. The monoisotopic (exact) mass is 767 g/mol. The van der Waals surface area contributed by atoms with Crippen molar-refractivity contribution in [1.29, 1.82) is 0 Å². The predicted octanol–water partition coefficient (Wildman–Crippen LogP) is 16.4. The average molecular weight is 768 g/mol. The number of para-hydroxylation sites is 3. The fourth-order valence-electron chi connectivity index (χ4n) is 10.4. The largest absolute Gasteiger partial charge is 0.456 e. The van der Waals surface area contributed by atoms with Gasteiger partial charge in [-0.3, -0.25) is 0 Å². The van der Waals surface area contributed by atoms with Crippen molar-refractivity contribution in [2.45, 2.75) is 19.3 Å². The van der Waals surface area contributed by atoms with E-state index in [4.69, 9.17) is 8.83 Å². The number of furan rings is 2. The van der Waals surface area contributed by atoms with E-state index in [1.165, 1.54) is 65.5 Å². The molecule has 3 nitrogen and oxygen atoms in total. The number of benzene rings is 10. The Balaban J connectivity index is 0.991. The highest BCUT2D eigenvalue weighted by Gasteiger charge is 2.36.